The number of rotatable bonds is 2. The van der Waals surface area contributed by atoms with Crippen molar-refractivity contribution in [2.45, 2.75) is 39.3 Å². The van der Waals surface area contributed by atoms with Gasteiger partial charge in [-0.05, 0) is 43.9 Å². The molecule has 0 bridgehead atoms. The maximum Gasteiger partial charge on any atom is 0.0926 e. The zero-order chi connectivity index (χ0) is 12.5. The Bertz CT molecular complexity index is 536. The molecule has 18 heavy (non-hydrogen) atoms. The van der Waals surface area contributed by atoms with E-state index in [1.165, 1.54) is 23.8 Å². The van der Waals surface area contributed by atoms with Crippen molar-refractivity contribution in [1.82, 2.24) is 15.1 Å². The summed E-state index contributed by atoms with van der Waals surface area (Å²) in [5, 5.41) is 9.47. The summed E-state index contributed by atoms with van der Waals surface area (Å²) >= 11 is 0. The van der Waals surface area contributed by atoms with Crippen LogP contribution in [0.2, 0.25) is 0 Å². The molecule has 1 fully saturated rings. The first-order valence-electron chi connectivity index (χ1n) is 6.96. The Balaban J connectivity index is 1.88. The summed E-state index contributed by atoms with van der Waals surface area (Å²) < 4.78 is 2.00. The Labute approximate surface area is 108 Å². The largest absolute Gasteiger partial charge is 0.310 e. The van der Waals surface area contributed by atoms with E-state index in [1.54, 1.807) is 0 Å². The third kappa shape index (κ3) is 2.15. The average Bonchev–Trinajstić information content (AvgIpc) is 2.81. The Hall–Kier alpha value is -1.35. The van der Waals surface area contributed by atoms with E-state index >= 15 is 0 Å². The number of hydrogen-bond acceptors (Lipinski definition) is 2. The highest BCUT2D eigenvalue weighted by Crippen LogP contribution is 2.27. The lowest BCUT2D eigenvalue weighted by molar-refractivity contribution is 0.333. The fourth-order valence-corrected chi connectivity index (χ4v) is 2.75. The highest BCUT2D eigenvalue weighted by atomic mass is 15.3. The number of benzene rings is 1. The van der Waals surface area contributed by atoms with Crippen molar-refractivity contribution in [3.63, 3.8) is 0 Å². The van der Waals surface area contributed by atoms with Crippen LogP contribution in [0, 0.1) is 5.92 Å². The summed E-state index contributed by atoms with van der Waals surface area (Å²) in [4.78, 5) is 0. The molecule has 1 N–H and O–H groups in total. The van der Waals surface area contributed by atoms with Crippen LogP contribution in [0.5, 0.6) is 0 Å². The van der Waals surface area contributed by atoms with Gasteiger partial charge >= 0.3 is 0 Å². The Morgan fingerprint density at radius 2 is 2.28 bits per heavy atom. The van der Waals surface area contributed by atoms with Gasteiger partial charge in [0.05, 0.1) is 5.52 Å². The number of nitrogens with one attached hydrogen (secondary N) is 1. The molecule has 3 heteroatoms. The van der Waals surface area contributed by atoms with Crippen molar-refractivity contribution in [1.29, 1.82) is 0 Å². The first-order valence-corrected chi connectivity index (χ1v) is 6.96. The molecule has 96 valence electrons. The van der Waals surface area contributed by atoms with Gasteiger partial charge in [-0.2, -0.15) is 5.10 Å². The van der Waals surface area contributed by atoms with Crippen molar-refractivity contribution in [3.05, 3.63) is 30.0 Å². The van der Waals surface area contributed by atoms with Crippen LogP contribution in [0.4, 0.5) is 0 Å². The van der Waals surface area contributed by atoms with E-state index in [2.05, 4.69) is 48.7 Å². The monoisotopic (exact) mass is 243 g/mol. The number of piperidine rings is 1. The van der Waals surface area contributed by atoms with Gasteiger partial charge in [0.25, 0.3) is 0 Å². The lowest BCUT2D eigenvalue weighted by atomic mass is 9.92. The molecule has 1 saturated heterocycles. The van der Waals surface area contributed by atoms with Gasteiger partial charge < -0.3 is 5.32 Å². The Morgan fingerprint density at radius 1 is 1.39 bits per heavy atom. The molecule has 0 spiro atoms. The topological polar surface area (TPSA) is 29.9 Å². The third-order valence-electron chi connectivity index (χ3n) is 3.97. The molecule has 2 atom stereocenters. The van der Waals surface area contributed by atoms with Crippen molar-refractivity contribution in [2.75, 3.05) is 6.54 Å². The molecule has 0 aliphatic carbocycles. The van der Waals surface area contributed by atoms with Gasteiger partial charge in [0.15, 0.2) is 0 Å². The molecule has 3 nitrogen and oxygen atoms in total. The van der Waals surface area contributed by atoms with Gasteiger partial charge in [-0.25, -0.2) is 0 Å². The maximum atomic E-state index is 4.59. The van der Waals surface area contributed by atoms with Crippen LogP contribution in [0.1, 0.15) is 38.3 Å². The van der Waals surface area contributed by atoms with Gasteiger partial charge in [-0.3, -0.25) is 4.68 Å². The predicted molar refractivity (Wildman–Crippen MR) is 74.5 cm³/mol. The molecule has 0 saturated carbocycles. The molecule has 3 rings (SSSR count). The molecule has 1 aromatic heterocycles. The molecule has 2 heterocycles. The summed E-state index contributed by atoms with van der Waals surface area (Å²) in [6.07, 6.45) is 4.68. The van der Waals surface area contributed by atoms with Crippen LogP contribution in [0.25, 0.3) is 10.9 Å². The molecule has 0 radical (unpaired) electrons. The Kier molecular flexibility index (Phi) is 3.08. The second kappa shape index (κ2) is 4.73. The van der Waals surface area contributed by atoms with Crippen LogP contribution < -0.4 is 5.32 Å². The molecule has 2 unspecified atom stereocenters. The van der Waals surface area contributed by atoms with Crippen molar-refractivity contribution in [3.8, 4) is 0 Å². The smallest absolute Gasteiger partial charge is 0.0926 e. The van der Waals surface area contributed by atoms with Crippen molar-refractivity contribution >= 4 is 10.9 Å². The van der Waals surface area contributed by atoms with Crippen LogP contribution in [0.15, 0.2) is 24.4 Å². The van der Waals surface area contributed by atoms with E-state index in [4.69, 9.17) is 0 Å². The summed E-state index contributed by atoms with van der Waals surface area (Å²) in [6.45, 7) is 6.50. The van der Waals surface area contributed by atoms with Gasteiger partial charge in [-0.15, -0.1) is 0 Å². The molecule has 2 aromatic rings. The van der Waals surface area contributed by atoms with Gasteiger partial charge in [-0.1, -0.05) is 19.1 Å². The Morgan fingerprint density at radius 3 is 3.00 bits per heavy atom. The molecule has 0 amide bonds. The lowest BCUT2D eigenvalue weighted by Gasteiger charge is -2.28. The van der Waals surface area contributed by atoms with E-state index in [9.17, 15) is 0 Å². The third-order valence-corrected chi connectivity index (χ3v) is 3.97. The average molecular weight is 243 g/mol. The quantitative estimate of drug-likeness (QED) is 0.878. The van der Waals surface area contributed by atoms with E-state index in [1.807, 2.05) is 4.68 Å². The lowest BCUT2D eigenvalue weighted by Crippen LogP contribution is -2.31. The van der Waals surface area contributed by atoms with E-state index in [-0.39, 0.29) is 0 Å². The second-order valence-corrected chi connectivity index (χ2v) is 5.45. The second-order valence-electron chi connectivity index (χ2n) is 5.45. The van der Waals surface area contributed by atoms with Crippen LogP contribution in [0.3, 0.4) is 0 Å². The maximum absolute atomic E-state index is 4.59. The van der Waals surface area contributed by atoms with Crippen LogP contribution >= 0.6 is 0 Å². The summed E-state index contributed by atoms with van der Waals surface area (Å²) in [5.74, 6) is 0.810. The van der Waals surface area contributed by atoms with Crippen LogP contribution in [-0.4, -0.2) is 16.3 Å². The zero-order valence-corrected chi connectivity index (χ0v) is 11.2. The number of aromatic nitrogens is 2. The normalized spacial score (nSPS) is 24.6. The van der Waals surface area contributed by atoms with Crippen molar-refractivity contribution in [2.24, 2.45) is 5.92 Å². The number of fused-ring (bicyclic) bond motifs is 1. The van der Waals surface area contributed by atoms with E-state index < -0.39 is 0 Å². The van der Waals surface area contributed by atoms with Gasteiger partial charge in [0.1, 0.15) is 0 Å². The minimum atomic E-state index is 0.511. The standard InChI is InChI=1S/C15H21N3/c1-3-18-10-13-6-5-12(8-15(13)17-18)14-7-4-11(2)9-16-14/h5-6,8,10-11,14,16H,3-4,7,9H2,1-2H3. The zero-order valence-electron chi connectivity index (χ0n) is 11.2. The molecular weight excluding hydrogens is 222 g/mol. The van der Waals surface area contributed by atoms with E-state index in [0.29, 0.717) is 6.04 Å². The molecule has 1 aromatic carbocycles. The first kappa shape index (κ1) is 11.7. The van der Waals surface area contributed by atoms with Gasteiger partial charge in [0.2, 0.25) is 0 Å². The minimum absolute atomic E-state index is 0.511. The van der Waals surface area contributed by atoms with Gasteiger partial charge in [0, 0.05) is 24.2 Å². The molecular formula is C15H21N3. The summed E-state index contributed by atoms with van der Waals surface area (Å²) in [6, 6.07) is 7.20. The fourth-order valence-electron chi connectivity index (χ4n) is 2.75. The number of aryl methyl sites for hydroxylation is 1. The molecule has 1 aliphatic rings. The summed E-state index contributed by atoms with van der Waals surface area (Å²) in [5.41, 5.74) is 2.51. The molecule has 1 aliphatic heterocycles. The highest BCUT2D eigenvalue weighted by Gasteiger charge is 2.19. The first-order chi connectivity index (χ1) is 8.76. The van der Waals surface area contributed by atoms with Crippen LogP contribution in [-0.2, 0) is 6.54 Å². The number of hydrogen-bond donors (Lipinski definition) is 1. The highest BCUT2D eigenvalue weighted by molar-refractivity contribution is 5.78. The SMILES string of the molecule is CCn1cc2ccc(C3CCC(C)CN3)cc2n1. The fraction of sp³-hybridized carbons (Fsp3) is 0.533. The van der Waals surface area contributed by atoms with Crippen molar-refractivity contribution < 1.29 is 0 Å². The predicted octanol–water partition coefficient (Wildman–Crippen LogP) is 3.12. The minimum Gasteiger partial charge on any atom is -0.310 e. The van der Waals surface area contributed by atoms with E-state index in [0.717, 1.165) is 24.5 Å². The summed E-state index contributed by atoms with van der Waals surface area (Å²) in [7, 11) is 0. The number of nitrogens with zero attached hydrogens (tertiary/aromatic N) is 2.